The van der Waals surface area contributed by atoms with Crippen LogP contribution in [-0.2, 0) is 9.59 Å². The molecule has 5 heteroatoms. The number of aliphatic carboxylic acids is 1. The first-order valence-corrected chi connectivity index (χ1v) is 5.97. The van der Waals surface area contributed by atoms with E-state index in [1.165, 1.54) is 0 Å². The average Bonchev–Trinajstić information content (AvgIpc) is 2.37. The van der Waals surface area contributed by atoms with E-state index in [4.69, 9.17) is 5.11 Å². The number of nitrogens with zero attached hydrogens (tertiary/aromatic N) is 1. The van der Waals surface area contributed by atoms with Gasteiger partial charge in [-0.15, -0.1) is 0 Å². The number of nitrogens with one attached hydrogen (secondary N) is 1. The van der Waals surface area contributed by atoms with E-state index in [0.29, 0.717) is 19.6 Å². The topological polar surface area (TPSA) is 69.6 Å². The van der Waals surface area contributed by atoms with E-state index in [0.717, 1.165) is 5.56 Å². The van der Waals surface area contributed by atoms with Crippen molar-refractivity contribution in [2.75, 3.05) is 19.6 Å². The molecule has 1 aromatic rings. The highest BCUT2D eigenvalue weighted by atomic mass is 16.4. The van der Waals surface area contributed by atoms with Crippen molar-refractivity contribution in [2.45, 2.75) is 12.5 Å². The minimum Gasteiger partial charge on any atom is -0.481 e. The second-order valence-electron chi connectivity index (χ2n) is 4.28. The van der Waals surface area contributed by atoms with Gasteiger partial charge in [0.2, 0.25) is 5.91 Å². The fraction of sp³-hybridized carbons (Fsp3) is 0.385. The van der Waals surface area contributed by atoms with Crippen molar-refractivity contribution in [3.8, 4) is 0 Å². The third-order valence-electron chi connectivity index (χ3n) is 3.04. The summed E-state index contributed by atoms with van der Waals surface area (Å²) < 4.78 is 0. The van der Waals surface area contributed by atoms with Gasteiger partial charge < -0.3 is 10.4 Å². The van der Waals surface area contributed by atoms with Crippen LogP contribution in [0.3, 0.4) is 0 Å². The summed E-state index contributed by atoms with van der Waals surface area (Å²) in [6.07, 6.45) is 0.0522. The molecular formula is C13H16N2O3. The third kappa shape index (κ3) is 2.87. The van der Waals surface area contributed by atoms with E-state index >= 15 is 0 Å². The average molecular weight is 248 g/mol. The Morgan fingerprint density at radius 1 is 1.39 bits per heavy atom. The maximum Gasteiger partial charge on any atom is 0.304 e. The second kappa shape index (κ2) is 5.64. The molecule has 1 atom stereocenters. The van der Waals surface area contributed by atoms with Crippen LogP contribution in [0.15, 0.2) is 30.3 Å². The second-order valence-corrected chi connectivity index (χ2v) is 4.28. The molecule has 1 aromatic carbocycles. The molecule has 1 aliphatic heterocycles. The Morgan fingerprint density at radius 3 is 2.78 bits per heavy atom. The van der Waals surface area contributed by atoms with Crippen LogP contribution >= 0.6 is 0 Å². The summed E-state index contributed by atoms with van der Waals surface area (Å²) in [6, 6.07) is 9.07. The van der Waals surface area contributed by atoms with Gasteiger partial charge in [0.25, 0.3) is 0 Å². The summed E-state index contributed by atoms with van der Waals surface area (Å²) >= 11 is 0. The monoisotopic (exact) mass is 248 g/mol. The Morgan fingerprint density at radius 2 is 2.11 bits per heavy atom. The number of amides is 1. The summed E-state index contributed by atoms with van der Waals surface area (Å²) in [6.45, 7) is 1.64. The summed E-state index contributed by atoms with van der Waals surface area (Å²) in [5, 5.41) is 11.6. The molecule has 1 aliphatic rings. The highest BCUT2D eigenvalue weighted by molar-refractivity contribution is 5.84. The lowest BCUT2D eigenvalue weighted by Gasteiger charge is -2.34. The largest absolute Gasteiger partial charge is 0.481 e. The molecule has 0 saturated carbocycles. The van der Waals surface area contributed by atoms with Gasteiger partial charge in [-0.05, 0) is 5.56 Å². The van der Waals surface area contributed by atoms with Crippen molar-refractivity contribution in [3.63, 3.8) is 0 Å². The zero-order valence-corrected chi connectivity index (χ0v) is 10.0. The molecule has 0 aliphatic carbocycles. The molecular weight excluding hydrogens is 232 g/mol. The Balaban J connectivity index is 2.15. The molecule has 96 valence electrons. The minimum atomic E-state index is -0.840. The predicted molar refractivity (Wildman–Crippen MR) is 66.0 cm³/mol. The van der Waals surface area contributed by atoms with Gasteiger partial charge in [-0.25, -0.2) is 0 Å². The molecule has 1 amide bonds. The molecule has 0 radical (unpaired) electrons. The first kappa shape index (κ1) is 12.6. The van der Waals surface area contributed by atoms with Gasteiger partial charge in [0.15, 0.2) is 0 Å². The minimum absolute atomic E-state index is 0.0522. The Labute approximate surface area is 105 Å². The molecule has 5 nitrogen and oxygen atoms in total. The number of hydrogen-bond donors (Lipinski definition) is 2. The molecule has 2 N–H and O–H groups in total. The molecule has 0 spiro atoms. The van der Waals surface area contributed by atoms with Gasteiger partial charge in [0.1, 0.15) is 6.04 Å². The molecule has 0 aromatic heterocycles. The van der Waals surface area contributed by atoms with E-state index in [1.54, 1.807) is 0 Å². The summed E-state index contributed by atoms with van der Waals surface area (Å²) in [5.41, 5.74) is 0.903. The van der Waals surface area contributed by atoms with Crippen LogP contribution in [0.1, 0.15) is 18.0 Å². The molecule has 1 heterocycles. The summed E-state index contributed by atoms with van der Waals surface area (Å²) in [4.78, 5) is 24.5. The summed E-state index contributed by atoms with van der Waals surface area (Å²) in [7, 11) is 0. The quantitative estimate of drug-likeness (QED) is 0.820. The molecule has 1 fully saturated rings. The van der Waals surface area contributed by atoms with E-state index in [-0.39, 0.29) is 18.4 Å². The van der Waals surface area contributed by atoms with Gasteiger partial charge in [0, 0.05) is 19.6 Å². The normalized spacial score (nSPS) is 20.4. The molecule has 2 rings (SSSR count). The number of carboxylic acid groups (broad SMARTS) is 1. The van der Waals surface area contributed by atoms with Gasteiger partial charge in [0.05, 0.1) is 6.42 Å². The van der Waals surface area contributed by atoms with E-state index in [9.17, 15) is 9.59 Å². The number of carbonyl (C=O) groups is 2. The fourth-order valence-electron chi connectivity index (χ4n) is 2.19. The zero-order chi connectivity index (χ0) is 13.0. The zero-order valence-electron chi connectivity index (χ0n) is 10.0. The van der Waals surface area contributed by atoms with Crippen molar-refractivity contribution in [1.82, 2.24) is 10.2 Å². The first-order valence-electron chi connectivity index (χ1n) is 5.97. The smallest absolute Gasteiger partial charge is 0.304 e. The van der Waals surface area contributed by atoms with Gasteiger partial charge >= 0.3 is 5.97 Å². The van der Waals surface area contributed by atoms with Crippen LogP contribution in [0.2, 0.25) is 0 Å². The van der Waals surface area contributed by atoms with Gasteiger partial charge in [-0.1, -0.05) is 30.3 Å². The maximum atomic E-state index is 11.9. The number of piperazine rings is 1. The lowest BCUT2D eigenvalue weighted by Crippen LogP contribution is -2.50. The molecule has 18 heavy (non-hydrogen) atoms. The first-order chi connectivity index (χ1) is 8.68. The number of benzene rings is 1. The SMILES string of the molecule is O=C(O)CCN1CCNC(=O)C1c1ccccc1. The van der Waals surface area contributed by atoms with Crippen molar-refractivity contribution >= 4 is 11.9 Å². The van der Waals surface area contributed by atoms with Crippen LogP contribution in [-0.4, -0.2) is 41.5 Å². The van der Waals surface area contributed by atoms with Crippen LogP contribution in [0.25, 0.3) is 0 Å². The van der Waals surface area contributed by atoms with Crippen LogP contribution < -0.4 is 5.32 Å². The number of hydrogen-bond acceptors (Lipinski definition) is 3. The number of rotatable bonds is 4. The fourth-order valence-corrected chi connectivity index (χ4v) is 2.19. The molecule has 1 saturated heterocycles. The van der Waals surface area contributed by atoms with Crippen molar-refractivity contribution in [3.05, 3.63) is 35.9 Å². The molecule has 0 bridgehead atoms. The van der Waals surface area contributed by atoms with Crippen LogP contribution in [0.4, 0.5) is 0 Å². The van der Waals surface area contributed by atoms with E-state index < -0.39 is 5.97 Å². The van der Waals surface area contributed by atoms with Crippen molar-refractivity contribution < 1.29 is 14.7 Å². The van der Waals surface area contributed by atoms with Crippen molar-refractivity contribution in [1.29, 1.82) is 0 Å². The number of carboxylic acids is 1. The van der Waals surface area contributed by atoms with Crippen LogP contribution in [0, 0.1) is 0 Å². The number of carbonyl (C=O) groups excluding carboxylic acids is 1. The maximum absolute atomic E-state index is 11.9. The van der Waals surface area contributed by atoms with Gasteiger partial charge in [-0.3, -0.25) is 14.5 Å². The van der Waals surface area contributed by atoms with E-state index in [2.05, 4.69) is 5.32 Å². The van der Waals surface area contributed by atoms with Crippen molar-refractivity contribution in [2.24, 2.45) is 0 Å². The summed E-state index contributed by atoms with van der Waals surface area (Å²) in [5.74, 6) is -0.898. The highest BCUT2D eigenvalue weighted by Crippen LogP contribution is 2.22. The molecule has 1 unspecified atom stereocenters. The van der Waals surface area contributed by atoms with Gasteiger partial charge in [-0.2, -0.15) is 0 Å². The highest BCUT2D eigenvalue weighted by Gasteiger charge is 2.30. The third-order valence-corrected chi connectivity index (χ3v) is 3.04. The van der Waals surface area contributed by atoms with Crippen LogP contribution in [0.5, 0.6) is 0 Å². The Hall–Kier alpha value is -1.88. The van der Waals surface area contributed by atoms with E-state index in [1.807, 2.05) is 35.2 Å². The lowest BCUT2D eigenvalue weighted by atomic mass is 10.0. The predicted octanol–water partition coefficient (Wildman–Crippen LogP) is 0.634. The standard InChI is InChI=1S/C13H16N2O3/c16-11(17)6-8-15-9-7-14-13(18)12(15)10-4-2-1-3-5-10/h1-5,12H,6-9H2,(H,14,18)(H,16,17). The lowest BCUT2D eigenvalue weighted by molar-refractivity contribution is -0.139. The Kier molecular flexibility index (Phi) is 3.94. The Bertz CT molecular complexity index is 433.